The van der Waals surface area contributed by atoms with Gasteiger partial charge in [-0.15, -0.1) is 11.3 Å². The first-order chi connectivity index (χ1) is 10.3. The topological polar surface area (TPSA) is 42.4 Å². The average Bonchev–Trinajstić information content (AvgIpc) is 3.24. The molecule has 0 radical (unpaired) electrons. The quantitative estimate of drug-likeness (QED) is 0.856. The number of hydrogen-bond donors (Lipinski definition) is 0. The first-order valence-electron chi connectivity index (χ1n) is 7.56. The van der Waals surface area contributed by atoms with Crippen molar-refractivity contribution >= 4 is 27.5 Å². The maximum Gasteiger partial charge on any atom is 0.228 e. The molecule has 0 N–H and O–H groups in total. The molecular formula is C16H18N2O2S. The second kappa shape index (κ2) is 5.39. The lowest BCUT2D eigenvalue weighted by Crippen LogP contribution is -2.36. The van der Waals surface area contributed by atoms with Crippen molar-refractivity contribution < 1.29 is 9.53 Å². The van der Waals surface area contributed by atoms with E-state index in [1.165, 1.54) is 4.70 Å². The number of carbonyl (C=O) groups excluding carboxylic acids is 1. The minimum atomic E-state index is 0.0555. The van der Waals surface area contributed by atoms with Crippen molar-refractivity contribution in [2.45, 2.75) is 25.3 Å². The number of carbonyl (C=O) groups is 1. The Kier molecular flexibility index (Phi) is 3.39. The summed E-state index contributed by atoms with van der Waals surface area (Å²) in [4.78, 5) is 19.5. The molecule has 0 saturated carbocycles. The summed E-state index contributed by atoms with van der Waals surface area (Å²) in [6, 6.07) is 8.36. The molecule has 4 nitrogen and oxygen atoms in total. The molecule has 2 saturated heterocycles. The zero-order valence-corrected chi connectivity index (χ0v) is 12.6. The Morgan fingerprint density at radius 3 is 3.05 bits per heavy atom. The SMILES string of the molecule is O=C([C@@H]1CCOC1)N1CCC[C@H]1c1nc2ccccc2s1. The van der Waals surface area contributed by atoms with Crippen LogP contribution in [0.2, 0.25) is 0 Å². The van der Waals surface area contributed by atoms with Gasteiger partial charge in [-0.05, 0) is 31.4 Å². The van der Waals surface area contributed by atoms with E-state index in [9.17, 15) is 4.79 Å². The summed E-state index contributed by atoms with van der Waals surface area (Å²) in [7, 11) is 0. The first kappa shape index (κ1) is 13.2. The van der Waals surface area contributed by atoms with Crippen LogP contribution in [0.3, 0.4) is 0 Å². The summed E-state index contributed by atoms with van der Waals surface area (Å²) in [5.41, 5.74) is 1.04. The fourth-order valence-electron chi connectivity index (χ4n) is 3.28. The number of ether oxygens (including phenoxy) is 1. The van der Waals surface area contributed by atoms with Gasteiger partial charge in [0.2, 0.25) is 5.91 Å². The van der Waals surface area contributed by atoms with Crippen molar-refractivity contribution in [3.05, 3.63) is 29.3 Å². The smallest absolute Gasteiger partial charge is 0.228 e. The first-order valence-corrected chi connectivity index (χ1v) is 8.38. The molecule has 1 aromatic carbocycles. The van der Waals surface area contributed by atoms with E-state index in [0.717, 1.165) is 42.9 Å². The van der Waals surface area contributed by atoms with Crippen LogP contribution in [-0.4, -0.2) is 35.5 Å². The number of para-hydroxylation sites is 1. The molecular weight excluding hydrogens is 284 g/mol. The standard InChI is InChI=1S/C16H18N2O2S/c19-16(11-7-9-20-10-11)18-8-3-5-13(18)15-17-12-4-1-2-6-14(12)21-15/h1-2,4,6,11,13H,3,5,7-10H2/t11-,13+/m1/s1. The Labute approximate surface area is 127 Å². The number of nitrogens with zero attached hydrogens (tertiary/aromatic N) is 2. The monoisotopic (exact) mass is 302 g/mol. The van der Waals surface area contributed by atoms with Crippen LogP contribution in [0.15, 0.2) is 24.3 Å². The summed E-state index contributed by atoms with van der Waals surface area (Å²) in [6.45, 7) is 2.16. The lowest BCUT2D eigenvalue weighted by molar-refractivity contribution is -0.136. The van der Waals surface area contributed by atoms with Crippen molar-refractivity contribution in [3.8, 4) is 0 Å². The third-order valence-corrected chi connectivity index (χ3v) is 5.55. The van der Waals surface area contributed by atoms with Crippen LogP contribution in [-0.2, 0) is 9.53 Å². The highest BCUT2D eigenvalue weighted by atomic mass is 32.1. The zero-order valence-electron chi connectivity index (χ0n) is 11.8. The van der Waals surface area contributed by atoms with E-state index in [-0.39, 0.29) is 17.9 Å². The molecule has 4 rings (SSSR count). The highest BCUT2D eigenvalue weighted by Crippen LogP contribution is 2.37. The predicted molar refractivity (Wildman–Crippen MR) is 82.2 cm³/mol. The summed E-state index contributed by atoms with van der Waals surface area (Å²) >= 11 is 1.72. The lowest BCUT2D eigenvalue weighted by atomic mass is 10.1. The van der Waals surface area contributed by atoms with E-state index in [4.69, 9.17) is 9.72 Å². The molecule has 0 bridgehead atoms. The van der Waals surface area contributed by atoms with Gasteiger partial charge >= 0.3 is 0 Å². The van der Waals surface area contributed by atoms with Crippen LogP contribution in [0.1, 0.15) is 30.3 Å². The molecule has 5 heteroatoms. The van der Waals surface area contributed by atoms with Crippen molar-refractivity contribution in [3.63, 3.8) is 0 Å². The zero-order chi connectivity index (χ0) is 14.2. The highest BCUT2D eigenvalue weighted by molar-refractivity contribution is 7.18. The molecule has 2 atom stereocenters. The summed E-state index contributed by atoms with van der Waals surface area (Å²) < 4.78 is 6.57. The van der Waals surface area contributed by atoms with Crippen LogP contribution >= 0.6 is 11.3 Å². The van der Waals surface area contributed by atoms with Crippen molar-refractivity contribution in [1.82, 2.24) is 9.88 Å². The van der Waals surface area contributed by atoms with E-state index in [2.05, 4.69) is 6.07 Å². The molecule has 0 aliphatic carbocycles. The molecule has 21 heavy (non-hydrogen) atoms. The van der Waals surface area contributed by atoms with Gasteiger partial charge < -0.3 is 9.64 Å². The van der Waals surface area contributed by atoms with Gasteiger partial charge in [0.15, 0.2) is 0 Å². The molecule has 2 aromatic rings. The Hall–Kier alpha value is -1.46. The van der Waals surface area contributed by atoms with Gasteiger partial charge in [-0.1, -0.05) is 12.1 Å². The van der Waals surface area contributed by atoms with Gasteiger partial charge in [-0.2, -0.15) is 0 Å². The Morgan fingerprint density at radius 1 is 1.33 bits per heavy atom. The maximum absolute atomic E-state index is 12.7. The minimum Gasteiger partial charge on any atom is -0.381 e. The predicted octanol–water partition coefficient (Wildman–Crippen LogP) is 3.00. The van der Waals surface area contributed by atoms with Crippen LogP contribution in [0.25, 0.3) is 10.2 Å². The van der Waals surface area contributed by atoms with Gasteiger partial charge in [0.25, 0.3) is 0 Å². The van der Waals surface area contributed by atoms with E-state index < -0.39 is 0 Å². The number of rotatable bonds is 2. The number of thiazole rings is 1. The van der Waals surface area contributed by atoms with Gasteiger partial charge in [0, 0.05) is 13.2 Å². The van der Waals surface area contributed by atoms with E-state index in [0.29, 0.717) is 6.61 Å². The molecule has 0 unspecified atom stereocenters. The maximum atomic E-state index is 12.7. The molecule has 0 spiro atoms. The third-order valence-electron chi connectivity index (χ3n) is 4.41. The number of benzene rings is 1. The fourth-order valence-corrected chi connectivity index (χ4v) is 4.40. The largest absolute Gasteiger partial charge is 0.381 e. The number of likely N-dealkylation sites (tertiary alicyclic amines) is 1. The van der Waals surface area contributed by atoms with E-state index in [1.807, 2.05) is 23.1 Å². The number of hydrogen-bond acceptors (Lipinski definition) is 4. The number of fused-ring (bicyclic) bond motifs is 1. The van der Waals surface area contributed by atoms with Crippen LogP contribution in [0.4, 0.5) is 0 Å². The molecule has 1 amide bonds. The van der Waals surface area contributed by atoms with Gasteiger partial charge in [0.05, 0.1) is 28.8 Å². The molecule has 2 aliphatic rings. The Bertz CT molecular complexity index is 630. The van der Waals surface area contributed by atoms with Crippen LogP contribution < -0.4 is 0 Å². The van der Waals surface area contributed by atoms with Crippen LogP contribution in [0, 0.1) is 5.92 Å². The number of aromatic nitrogens is 1. The summed E-state index contributed by atoms with van der Waals surface area (Å²) in [6.07, 6.45) is 2.96. The molecule has 1 aromatic heterocycles. The van der Waals surface area contributed by atoms with E-state index >= 15 is 0 Å². The molecule has 3 heterocycles. The summed E-state index contributed by atoms with van der Waals surface area (Å²) in [5, 5.41) is 1.08. The summed E-state index contributed by atoms with van der Waals surface area (Å²) in [5.74, 6) is 0.314. The van der Waals surface area contributed by atoms with Gasteiger partial charge in [-0.3, -0.25) is 4.79 Å². The molecule has 2 fully saturated rings. The van der Waals surface area contributed by atoms with Crippen LogP contribution in [0.5, 0.6) is 0 Å². The Morgan fingerprint density at radius 2 is 2.24 bits per heavy atom. The number of amides is 1. The minimum absolute atomic E-state index is 0.0555. The molecule has 2 aliphatic heterocycles. The average molecular weight is 302 g/mol. The van der Waals surface area contributed by atoms with Gasteiger partial charge in [-0.25, -0.2) is 4.98 Å². The van der Waals surface area contributed by atoms with Crippen molar-refractivity contribution in [1.29, 1.82) is 0 Å². The van der Waals surface area contributed by atoms with Crippen molar-refractivity contribution in [2.24, 2.45) is 5.92 Å². The fraction of sp³-hybridized carbons (Fsp3) is 0.500. The second-order valence-electron chi connectivity index (χ2n) is 5.77. The van der Waals surface area contributed by atoms with Crippen molar-refractivity contribution in [2.75, 3.05) is 19.8 Å². The molecule has 110 valence electrons. The normalized spacial score (nSPS) is 25.8. The van der Waals surface area contributed by atoms with Gasteiger partial charge in [0.1, 0.15) is 5.01 Å². The Balaban J connectivity index is 1.62. The lowest BCUT2D eigenvalue weighted by Gasteiger charge is -2.25. The highest BCUT2D eigenvalue weighted by Gasteiger charge is 2.36. The van der Waals surface area contributed by atoms with E-state index in [1.54, 1.807) is 11.3 Å². The second-order valence-corrected chi connectivity index (χ2v) is 6.83. The third kappa shape index (κ3) is 2.34.